The lowest BCUT2D eigenvalue weighted by Crippen LogP contribution is -2.49. The van der Waals surface area contributed by atoms with Gasteiger partial charge in [0, 0.05) is 12.2 Å². The summed E-state index contributed by atoms with van der Waals surface area (Å²) in [6, 6.07) is 15.5. The van der Waals surface area contributed by atoms with Crippen molar-refractivity contribution in [1.29, 1.82) is 0 Å². The molecule has 1 saturated heterocycles. The van der Waals surface area contributed by atoms with Crippen molar-refractivity contribution in [3.8, 4) is 0 Å². The zero-order valence-electron chi connectivity index (χ0n) is 16.5. The van der Waals surface area contributed by atoms with Crippen LogP contribution in [-0.2, 0) is 14.8 Å². The fourth-order valence-electron chi connectivity index (χ4n) is 3.54. The number of carbonyl (C=O) groups excluding carboxylic acids is 1. The van der Waals surface area contributed by atoms with Gasteiger partial charge in [-0.3, -0.25) is 4.79 Å². The molecule has 1 amide bonds. The normalized spacial score (nSPS) is 19.1. The Balaban J connectivity index is 1.77. The number of carbonyl (C=O) groups is 1. The summed E-state index contributed by atoms with van der Waals surface area (Å²) in [6.07, 6.45) is 3.19. The molecule has 1 aliphatic rings. The van der Waals surface area contributed by atoms with Gasteiger partial charge in [-0.05, 0) is 55.0 Å². The van der Waals surface area contributed by atoms with E-state index in [0.29, 0.717) is 24.6 Å². The number of piperidine rings is 1. The molecule has 0 radical (unpaired) electrons. The van der Waals surface area contributed by atoms with E-state index in [0.717, 1.165) is 19.3 Å². The van der Waals surface area contributed by atoms with Crippen molar-refractivity contribution in [2.24, 2.45) is 0 Å². The third kappa shape index (κ3) is 4.45. The van der Waals surface area contributed by atoms with Crippen LogP contribution in [0.25, 0.3) is 0 Å². The summed E-state index contributed by atoms with van der Waals surface area (Å²) in [5, 5.41) is 2.90. The van der Waals surface area contributed by atoms with E-state index in [1.54, 1.807) is 30.3 Å². The molecule has 150 valence electrons. The first-order chi connectivity index (χ1) is 13.4. The van der Waals surface area contributed by atoms with Gasteiger partial charge >= 0.3 is 0 Å². The molecule has 0 aromatic heterocycles. The van der Waals surface area contributed by atoms with Gasteiger partial charge in [0.1, 0.15) is 6.04 Å². The highest BCUT2D eigenvalue weighted by Crippen LogP contribution is 2.27. The maximum Gasteiger partial charge on any atom is 0.243 e. The number of rotatable bonds is 6. The molecule has 3 rings (SSSR count). The van der Waals surface area contributed by atoms with Crippen LogP contribution in [0.4, 0.5) is 5.69 Å². The van der Waals surface area contributed by atoms with Crippen molar-refractivity contribution in [1.82, 2.24) is 4.31 Å². The van der Waals surface area contributed by atoms with Gasteiger partial charge in [0.15, 0.2) is 0 Å². The van der Waals surface area contributed by atoms with Crippen LogP contribution in [0.1, 0.15) is 51.0 Å². The molecule has 2 aromatic rings. The number of amides is 1. The molecule has 28 heavy (non-hydrogen) atoms. The number of nitrogens with zero attached hydrogens (tertiary/aromatic N) is 1. The van der Waals surface area contributed by atoms with Crippen molar-refractivity contribution < 1.29 is 13.2 Å². The Morgan fingerprint density at radius 1 is 1.11 bits per heavy atom. The highest BCUT2D eigenvalue weighted by molar-refractivity contribution is 7.89. The molecular formula is C22H28N2O3S. The van der Waals surface area contributed by atoms with Crippen LogP contribution in [-0.4, -0.2) is 31.2 Å². The SMILES string of the molecule is CCC(C)c1ccc(NC(=O)C2CCCCN2S(=O)(=O)c2ccccc2)cc1. The predicted molar refractivity (Wildman–Crippen MR) is 112 cm³/mol. The van der Waals surface area contributed by atoms with Crippen molar-refractivity contribution in [3.63, 3.8) is 0 Å². The summed E-state index contributed by atoms with van der Waals surface area (Å²) in [5.41, 5.74) is 1.92. The van der Waals surface area contributed by atoms with E-state index in [1.165, 1.54) is 9.87 Å². The minimum Gasteiger partial charge on any atom is -0.325 e. The Morgan fingerprint density at radius 3 is 2.43 bits per heavy atom. The molecule has 0 aliphatic carbocycles. The minimum absolute atomic E-state index is 0.229. The average molecular weight is 401 g/mol. The van der Waals surface area contributed by atoms with Gasteiger partial charge in [-0.25, -0.2) is 8.42 Å². The summed E-state index contributed by atoms with van der Waals surface area (Å²) in [7, 11) is -3.70. The quantitative estimate of drug-likeness (QED) is 0.782. The summed E-state index contributed by atoms with van der Waals surface area (Å²) in [5.74, 6) is 0.199. The number of hydrogen-bond acceptors (Lipinski definition) is 3. The molecule has 0 saturated carbocycles. The van der Waals surface area contributed by atoms with E-state index in [2.05, 4.69) is 19.2 Å². The van der Waals surface area contributed by atoms with E-state index in [1.807, 2.05) is 24.3 Å². The molecule has 5 nitrogen and oxygen atoms in total. The summed E-state index contributed by atoms with van der Waals surface area (Å²) in [6.45, 7) is 4.68. The summed E-state index contributed by atoms with van der Waals surface area (Å²) >= 11 is 0. The van der Waals surface area contributed by atoms with Gasteiger partial charge in [0.25, 0.3) is 0 Å². The fourth-order valence-corrected chi connectivity index (χ4v) is 5.22. The number of sulfonamides is 1. The first-order valence-corrected chi connectivity index (χ1v) is 11.3. The topological polar surface area (TPSA) is 66.5 Å². The maximum atomic E-state index is 13.1. The van der Waals surface area contributed by atoms with Crippen LogP contribution in [0.15, 0.2) is 59.5 Å². The van der Waals surface area contributed by atoms with Crippen molar-refractivity contribution >= 4 is 21.6 Å². The summed E-state index contributed by atoms with van der Waals surface area (Å²) in [4.78, 5) is 13.1. The lowest BCUT2D eigenvalue weighted by atomic mass is 9.98. The average Bonchev–Trinajstić information content (AvgIpc) is 2.74. The van der Waals surface area contributed by atoms with E-state index < -0.39 is 16.1 Å². The van der Waals surface area contributed by atoms with E-state index in [9.17, 15) is 13.2 Å². The highest BCUT2D eigenvalue weighted by Gasteiger charge is 2.37. The smallest absolute Gasteiger partial charge is 0.243 e. The summed E-state index contributed by atoms with van der Waals surface area (Å²) < 4.78 is 27.5. The Morgan fingerprint density at radius 2 is 1.79 bits per heavy atom. The van der Waals surface area contributed by atoms with E-state index >= 15 is 0 Å². The lowest BCUT2D eigenvalue weighted by Gasteiger charge is -2.33. The third-order valence-corrected chi connectivity index (χ3v) is 7.39. The second-order valence-electron chi connectivity index (χ2n) is 7.36. The molecule has 1 heterocycles. The molecule has 0 spiro atoms. The second kappa shape index (κ2) is 8.88. The zero-order valence-corrected chi connectivity index (χ0v) is 17.3. The standard InChI is InChI=1S/C22H28N2O3S/c1-3-17(2)18-12-14-19(15-13-18)23-22(25)21-11-7-8-16-24(21)28(26,27)20-9-5-4-6-10-20/h4-6,9-10,12-15,17,21H,3,7-8,11,16H2,1-2H3,(H,23,25). The van der Waals surface area contributed by atoms with Crippen molar-refractivity contribution in [3.05, 3.63) is 60.2 Å². The lowest BCUT2D eigenvalue weighted by molar-refractivity contribution is -0.120. The van der Waals surface area contributed by atoms with Gasteiger partial charge in [0.2, 0.25) is 15.9 Å². The van der Waals surface area contributed by atoms with Gasteiger partial charge in [0.05, 0.1) is 4.90 Å². The predicted octanol–water partition coefficient (Wildman–Crippen LogP) is 4.38. The van der Waals surface area contributed by atoms with E-state index in [4.69, 9.17) is 0 Å². The van der Waals surface area contributed by atoms with Crippen LogP contribution in [0.3, 0.4) is 0 Å². The molecule has 2 unspecified atom stereocenters. The molecule has 1 fully saturated rings. The fraction of sp³-hybridized carbons (Fsp3) is 0.409. The van der Waals surface area contributed by atoms with Crippen LogP contribution < -0.4 is 5.32 Å². The van der Waals surface area contributed by atoms with Gasteiger partial charge < -0.3 is 5.32 Å². The molecule has 1 aliphatic heterocycles. The molecule has 6 heteroatoms. The zero-order chi connectivity index (χ0) is 20.1. The van der Waals surface area contributed by atoms with Crippen molar-refractivity contribution in [2.45, 2.75) is 56.4 Å². The number of benzene rings is 2. The first-order valence-electron chi connectivity index (χ1n) is 9.91. The Labute approximate surface area is 167 Å². The number of anilines is 1. The highest BCUT2D eigenvalue weighted by atomic mass is 32.2. The maximum absolute atomic E-state index is 13.1. The molecular weight excluding hydrogens is 372 g/mol. The molecule has 2 aromatic carbocycles. The van der Waals surface area contributed by atoms with Crippen LogP contribution in [0, 0.1) is 0 Å². The minimum atomic E-state index is -3.70. The second-order valence-corrected chi connectivity index (χ2v) is 9.25. The Bertz CT molecular complexity index is 895. The van der Waals surface area contributed by atoms with Gasteiger partial charge in [-0.2, -0.15) is 4.31 Å². The molecule has 0 bridgehead atoms. The first kappa shape index (κ1) is 20.6. The Kier molecular flexibility index (Phi) is 6.52. The van der Waals surface area contributed by atoms with Crippen molar-refractivity contribution in [2.75, 3.05) is 11.9 Å². The monoisotopic (exact) mass is 400 g/mol. The van der Waals surface area contributed by atoms with Gasteiger partial charge in [-0.15, -0.1) is 0 Å². The number of nitrogens with one attached hydrogen (secondary N) is 1. The van der Waals surface area contributed by atoms with Gasteiger partial charge in [-0.1, -0.05) is 50.6 Å². The number of hydrogen-bond donors (Lipinski definition) is 1. The Hall–Kier alpha value is -2.18. The molecule has 2 atom stereocenters. The van der Waals surface area contributed by atoms with Crippen LogP contribution in [0.2, 0.25) is 0 Å². The molecule has 1 N–H and O–H groups in total. The largest absolute Gasteiger partial charge is 0.325 e. The third-order valence-electron chi connectivity index (χ3n) is 5.47. The van der Waals surface area contributed by atoms with Crippen LogP contribution in [0.5, 0.6) is 0 Å². The van der Waals surface area contributed by atoms with Crippen LogP contribution >= 0.6 is 0 Å². The van der Waals surface area contributed by atoms with E-state index in [-0.39, 0.29) is 10.8 Å².